The average molecular weight is 437 g/mol. The van der Waals surface area contributed by atoms with Crippen molar-refractivity contribution in [1.82, 2.24) is 15.1 Å². The smallest absolute Gasteiger partial charge is 0.119 e. The van der Waals surface area contributed by atoms with Gasteiger partial charge in [0.25, 0.3) is 0 Å². The zero-order valence-corrected chi connectivity index (χ0v) is 19.8. The third-order valence-corrected chi connectivity index (χ3v) is 5.64. The van der Waals surface area contributed by atoms with E-state index in [1.165, 1.54) is 24.1 Å². The monoisotopic (exact) mass is 436 g/mol. The van der Waals surface area contributed by atoms with E-state index in [0.29, 0.717) is 6.61 Å². The van der Waals surface area contributed by atoms with Gasteiger partial charge in [-0.15, -0.1) is 0 Å². The minimum absolute atomic E-state index is 0.622. The van der Waals surface area contributed by atoms with E-state index in [9.17, 15) is 0 Å². The first-order valence-electron chi connectivity index (χ1n) is 11.5. The van der Waals surface area contributed by atoms with Crippen LogP contribution < -0.4 is 14.4 Å². The molecule has 1 aromatic heterocycles. The van der Waals surface area contributed by atoms with Gasteiger partial charge in [-0.05, 0) is 63.3 Å². The minimum atomic E-state index is 0.622. The van der Waals surface area contributed by atoms with Gasteiger partial charge in [0.2, 0.25) is 0 Å². The highest BCUT2D eigenvalue weighted by Crippen LogP contribution is 2.25. The number of nitrogens with zero attached hydrogens (tertiary/aromatic N) is 3. The van der Waals surface area contributed by atoms with Crippen LogP contribution in [-0.2, 0) is 6.54 Å². The van der Waals surface area contributed by atoms with Crippen LogP contribution in [0, 0.1) is 0 Å². The number of hydrogen-bond donors (Lipinski definition) is 1. The van der Waals surface area contributed by atoms with E-state index in [1.807, 2.05) is 30.5 Å². The van der Waals surface area contributed by atoms with Crippen molar-refractivity contribution in [2.75, 3.05) is 45.3 Å². The van der Waals surface area contributed by atoms with Crippen molar-refractivity contribution in [3.63, 3.8) is 0 Å². The van der Waals surface area contributed by atoms with Crippen LogP contribution in [0.2, 0.25) is 0 Å². The van der Waals surface area contributed by atoms with Gasteiger partial charge in [0, 0.05) is 29.9 Å². The predicted octanol–water partition coefficient (Wildman–Crippen LogP) is 5.22. The first-order chi connectivity index (χ1) is 15.6. The summed E-state index contributed by atoms with van der Waals surface area (Å²) in [5.41, 5.74) is 4.69. The topological polar surface area (TPSA) is 53.6 Å². The average Bonchev–Trinajstić information content (AvgIpc) is 3.29. The van der Waals surface area contributed by atoms with Gasteiger partial charge in [-0.25, -0.2) is 0 Å². The highest BCUT2D eigenvalue weighted by atomic mass is 16.5. The number of unbranched alkanes of at least 4 members (excludes halogenated alkanes) is 1. The molecule has 0 aliphatic heterocycles. The van der Waals surface area contributed by atoms with Crippen LogP contribution in [0.3, 0.4) is 0 Å². The molecule has 6 nitrogen and oxygen atoms in total. The molecule has 0 radical (unpaired) electrons. The van der Waals surface area contributed by atoms with Gasteiger partial charge in [0.15, 0.2) is 0 Å². The summed E-state index contributed by atoms with van der Waals surface area (Å²) in [5, 5.41) is 7.49. The standard InChI is InChI=1S/C26H36N4O2/c1-5-7-16-29(3)20-22-19-27-28-26(22)21-8-10-23(11-9-21)30(6-2)17-18-32-25-14-12-24(31-4)13-15-25/h8-15,19H,5-7,16-18,20H2,1-4H3,(H,27,28). The van der Waals surface area contributed by atoms with E-state index in [2.05, 4.69) is 65.2 Å². The zero-order chi connectivity index (χ0) is 22.8. The van der Waals surface area contributed by atoms with Gasteiger partial charge in [-0.3, -0.25) is 5.10 Å². The van der Waals surface area contributed by atoms with Crippen LogP contribution in [-0.4, -0.2) is 55.5 Å². The van der Waals surface area contributed by atoms with E-state index in [1.54, 1.807) is 7.11 Å². The summed E-state index contributed by atoms with van der Waals surface area (Å²) >= 11 is 0. The molecule has 0 fully saturated rings. The number of rotatable bonds is 13. The lowest BCUT2D eigenvalue weighted by Crippen LogP contribution is -2.28. The first-order valence-corrected chi connectivity index (χ1v) is 11.5. The number of H-pyrrole nitrogens is 1. The summed E-state index contributed by atoms with van der Waals surface area (Å²) in [6.07, 6.45) is 4.37. The lowest BCUT2D eigenvalue weighted by molar-refractivity contribution is 0.321. The highest BCUT2D eigenvalue weighted by molar-refractivity contribution is 5.65. The number of likely N-dealkylation sites (N-methyl/N-ethyl adjacent to an activating group) is 1. The van der Waals surface area contributed by atoms with Gasteiger partial charge >= 0.3 is 0 Å². The Bertz CT molecular complexity index is 922. The molecule has 0 aliphatic carbocycles. The molecule has 0 saturated heterocycles. The second kappa shape index (κ2) is 12.2. The molecule has 0 unspecified atom stereocenters. The minimum Gasteiger partial charge on any atom is -0.497 e. The van der Waals surface area contributed by atoms with E-state index in [0.717, 1.165) is 48.9 Å². The van der Waals surface area contributed by atoms with Gasteiger partial charge < -0.3 is 19.3 Å². The van der Waals surface area contributed by atoms with Crippen molar-refractivity contribution in [2.45, 2.75) is 33.2 Å². The summed E-state index contributed by atoms with van der Waals surface area (Å²) in [4.78, 5) is 4.67. The van der Waals surface area contributed by atoms with Crippen LogP contribution in [0.1, 0.15) is 32.3 Å². The molecule has 0 saturated carbocycles. The molecule has 0 amide bonds. The Morgan fingerprint density at radius 3 is 2.31 bits per heavy atom. The number of anilines is 1. The fourth-order valence-electron chi connectivity index (χ4n) is 3.73. The fraction of sp³-hybridized carbons (Fsp3) is 0.423. The van der Waals surface area contributed by atoms with E-state index in [4.69, 9.17) is 9.47 Å². The SMILES string of the molecule is CCCCN(C)Cc1cn[nH]c1-c1ccc(N(CC)CCOc2ccc(OC)cc2)cc1. The molecule has 0 aliphatic rings. The number of benzene rings is 2. The summed E-state index contributed by atoms with van der Waals surface area (Å²) in [6, 6.07) is 16.4. The fourth-order valence-corrected chi connectivity index (χ4v) is 3.73. The van der Waals surface area contributed by atoms with Gasteiger partial charge in [-0.1, -0.05) is 25.5 Å². The second-order valence-electron chi connectivity index (χ2n) is 8.01. The molecule has 0 atom stereocenters. The van der Waals surface area contributed by atoms with E-state index >= 15 is 0 Å². The van der Waals surface area contributed by atoms with Gasteiger partial charge in [0.1, 0.15) is 18.1 Å². The van der Waals surface area contributed by atoms with Crippen LogP contribution in [0.25, 0.3) is 11.3 Å². The number of aromatic nitrogens is 2. The van der Waals surface area contributed by atoms with Crippen molar-refractivity contribution < 1.29 is 9.47 Å². The Morgan fingerprint density at radius 1 is 0.938 bits per heavy atom. The third kappa shape index (κ3) is 6.50. The summed E-state index contributed by atoms with van der Waals surface area (Å²) < 4.78 is 11.1. The van der Waals surface area contributed by atoms with Gasteiger partial charge in [0.05, 0.1) is 25.5 Å². The molecule has 2 aromatic carbocycles. The summed E-state index contributed by atoms with van der Waals surface area (Å²) in [7, 11) is 3.84. The molecule has 3 aromatic rings. The van der Waals surface area contributed by atoms with Crippen LogP contribution in [0.5, 0.6) is 11.5 Å². The van der Waals surface area contributed by atoms with E-state index in [-0.39, 0.29) is 0 Å². The second-order valence-corrected chi connectivity index (χ2v) is 8.01. The maximum absolute atomic E-state index is 5.91. The number of aromatic amines is 1. The Labute approximate surface area is 192 Å². The van der Waals surface area contributed by atoms with Crippen LogP contribution in [0.15, 0.2) is 54.7 Å². The molecule has 0 spiro atoms. The van der Waals surface area contributed by atoms with Crippen molar-refractivity contribution in [3.05, 3.63) is 60.3 Å². The predicted molar refractivity (Wildman–Crippen MR) is 132 cm³/mol. The van der Waals surface area contributed by atoms with E-state index < -0.39 is 0 Å². The molecule has 1 N–H and O–H groups in total. The van der Waals surface area contributed by atoms with Crippen LogP contribution >= 0.6 is 0 Å². The molecule has 172 valence electrons. The van der Waals surface area contributed by atoms with Crippen LogP contribution in [0.4, 0.5) is 5.69 Å². The number of ether oxygens (including phenoxy) is 2. The number of nitrogens with one attached hydrogen (secondary N) is 1. The molecule has 32 heavy (non-hydrogen) atoms. The van der Waals surface area contributed by atoms with Crippen molar-refractivity contribution in [2.24, 2.45) is 0 Å². The Morgan fingerprint density at radius 2 is 1.66 bits per heavy atom. The summed E-state index contributed by atoms with van der Waals surface area (Å²) in [5.74, 6) is 1.69. The Hall–Kier alpha value is -2.99. The normalized spacial score (nSPS) is 11.0. The Balaban J connectivity index is 1.58. The first kappa shape index (κ1) is 23.7. The van der Waals surface area contributed by atoms with Gasteiger partial charge in [-0.2, -0.15) is 5.10 Å². The lowest BCUT2D eigenvalue weighted by Gasteiger charge is -2.23. The summed E-state index contributed by atoms with van der Waals surface area (Å²) in [6.45, 7) is 8.75. The molecule has 1 heterocycles. The highest BCUT2D eigenvalue weighted by Gasteiger charge is 2.11. The maximum Gasteiger partial charge on any atom is 0.119 e. The third-order valence-electron chi connectivity index (χ3n) is 5.64. The number of methoxy groups -OCH3 is 1. The molecule has 0 bridgehead atoms. The lowest BCUT2D eigenvalue weighted by atomic mass is 10.1. The molecule has 3 rings (SSSR count). The zero-order valence-electron chi connectivity index (χ0n) is 19.8. The maximum atomic E-state index is 5.91. The largest absolute Gasteiger partial charge is 0.497 e. The molecule has 6 heteroatoms. The Kier molecular flexibility index (Phi) is 8.99. The quantitative estimate of drug-likeness (QED) is 0.398. The van der Waals surface area contributed by atoms with Crippen molar-refractivity contribution in [1.29, 1.82) is 0 Å². The molecular weight excluding hydrogens is 400 g/mol. The van der Waals surface area contributed by atoms with Crippen molar-refractivity contribution in [3.8, 4) is 22.8 Å². The molecular formula is C26H36N4O2. The van der Waals surface area contributed by atoms with Crippen molar-refractivity contribution >= 4 is 5.69 Å². The number of hydrogen-bond acceptors (Lipinski definition) is 5.